The summed E-state index contributed by atoms with van der Waals surface area (Å²) in [7, 11) is 0. The van der Waals surface area contributed by atoms with Gasteiger partial charge in [0.25, 0.3) is 0 Å². The molecule has 0 saturated carbocycles. The molecular formula is C9H6N3. The van der Waals surface area contributed by atoms with Gasteiger partial charge in [-0.3, -0.25) is 4.98 Å². The van der Waals surface area contributed by atoms with E-state index in [0.717, 1.165) is 5.56 Å². The second kappa shape index (κ2) is 3.09. The average molecular weight is 156 g/mol. The van der Waals surface area contributed by atoms with Crippen molar-refractivity contribution in [2.45, 2.75) is 0 Å². The van der Waals surface area contributed by atoms with Gasteiger partial charge in [-0.2, -0.15) is 0 Å². The number of aromatic nitrogens is 3. The maximum atomic E-state index is 4.07. The zero-order valence-corrected chi connectivity index (χ0v) is 6.31. The van der Waals surface area contributed by atoms with Crippen molar-refractivity contribution in [2.24, 2.45) is 0 Å². The minimum Gasteiger partial charge on any atom is -0.254 e. The predicted molar refractivity (Wildman–Crippen MR) is 44.1 cm³/mol. The summed E-state index contributed by atoms with van der Waals surface area (Å²) in [5.74, 6) is 0.658. The predicted octanol–water partition coefficient (Wildman–Crippen LogP) is 1.34. The molecule has 2 rings (SSSR count). The largest absolute Gasteiger partial charge is 0.254 e. The van der Waals surface area contributed by atoms with E-state index in [4.69, 9.17) is 0 Å². The lowest BCUT2D eigenvalue weighted by Crippen LogP contribution is -1.86. The molecule has 0 N–H and O–H groups in total. The van der Waals surface area contributed by atoms with Crippen molar-refractivity contribution in [3.05, 3.63) is 43.0 Å². The molecule has 0 saturated heterocycles. The summed E-state index contributed by atoms with van der Waals surface area (Å²) in [5, 5.41) is 0. The van der Waals surface area contributed by atoms with E-state index in [1.54, 1.807) is 24.7 Å². The van der Waals surface area contributed by atoms with Crippen molar-refractivity contribution >= 4 is 0 Å². The molecule has 0 unspecified atom stereocenters. The first kappa shape index (κ1) is 6.91. The third kappa shape index (κ3) is 1.29. The van der Waals surface area contributed by atoms with Crippen LogP contribution in [0.25, 0.3) is 11.4 Å². The Balaban J connectivity index is 2.46. The van der Waals surface area contributed by atoms with Crippen LogP contribution in [0.4, 0.5) is 0 Å². The molecule has 3 heteroatoms. The number of hydrogen-bond acceptors (Lipinski definition) is 3. The van der Waals surface area contributed by atoms with Crippen LogP contribution in [0.2, 0.25) is 0 Å². The molecule has 0 aliphatic carbocycles. The normalized spacial score (nSPS) is 9.67. The van der Waals surface area contributed by atoms with E-state index in [0.29, 0.717) is 5.82 Å². The van der Waals surface area contributed by atoms with Crippen LogP contribution in [0.5, 0.6) is 0 Å². The molecule has 2 aromatic rings. The molecule has 0 fully saturated rings. The van der Waals surface area contributed by atoms with Gasteiger partial charge in [-0.25, -0.2) is 9.97 Å². The molecule has 0 aliphatic rings. The van der Waals surface area contributed by atoms with Crippen LogP contribution in [0, 0.1) is 6.20 Å². The zero-order chi connectivity index (χ0) is 8.23. The SMILES string of the molecule is [c]1ncccc1-c1ncccn1. The number of hydrogen-bond donors (Lipinski definition) is 0. The standard InChI is InChI=1S/C9H6N3/c1-3-8(7-10-4-1)9-11-5-2-6-12-9/h1-6H. The lowest BCUT2D eigenvalue weighted by molar-refractivity contribution is 1.16. The van der Waals surface area contributed by atoms with E-state index in [-0.39, 0.29) is 0 Å². The highest BCUT2D eigenvalue weighted by atomic mass is 14.9. The maximum Gasteiger partial charge on any atom is 0.161 e. The summed E-state index contributed by atoms with van der Waals surface area (Å²) >= 11 is 0. The fourth-order valence-corrected chi connectivity index (χ4v) is 0.889. The topological polar surface area (TPSA) is 38.7 Å². The van der Waals surface area contributed by atoms with Gasteiger partial charge in [-0.15, -0.1) is 0 Å². The van der Waals surface area contributed by atoms with Crippen LogP contribution in [0.15, 0.2) is 36.8 Å². The summed E-state index contributed by atoms with van der Waals surface area (Å²) in [6.07, 6.45) is 7.88. The van der Waals surface area contributed by atoms with Crippen molar-refractivity contribution in [1.82, 2.24) is 15.0 Å². The van der Waals surface area contributed by atoms with Crippen molar-refractivity contribution < 1.29 is 0 Å². The Bertz CT molecular complexity index is 307. The third-order valence-corrected chi connectivity index (χ3v) is 1.42. The summed E-state index contributed by atoms with van der Waals surface area (Å²) in [6, 6.07) is 5.49. The van der Waals surface area contributed by atoms with Crippen LogP contribution in [-0.4, -0.2) is 15.0 Å². The van der Waals surface area contributed by atoms with Gasteiger partial charge < -0.3 is 0 Å². The molecule has 0 bridgehead atoms. The van der Waals surface area contributed by atoms with Gasteiger partial charge in [0.1, 0.15) is 6.20 Å². The highest BCUT2D eigenvalue weighted by molar-refractivity contribution is 5.51. The molecule has 12 heavy (non-hydrogen) atoms. The van der Waals surface area contributed by atoms with Crippen molar-refractivity contribution in [3.63, 3.8) is 0 Å². The van der Waals surface area contributed by atoms with E-state index in [9.17, 15) is 0 Å². The van der Waals surface area contributed by atoms with Crippen molar-refractivity contribution in [1.29, 1.82) is 0 Å². The first-order chi connectivity index (χ1) is 5.97. The molecule has 0 aromatic carbocycles. The number of rotatable bonds is 1. The maximum absolute atomic E-state index is 4.07. The molecule has 2 heterocycles. The van der Waals surface area contributed by atoms with E-state index in [1.165, 1.54) is 0 Å². The minimum atomic E-state index is 0.658. The van der Waals surface area contributed by atoms with Gasteiger partial charge >= 0.3 is 0 Å². The summed E-state index contributed by atoms with van der Waals surface area (Å²) in [5.41, 5.74) is 0.818. The molecule has 2 aromatic heterocycles. The van der Waals surface area contributed by atoms with E-state index < -0.39 is 0 Å². The Hall–Kier alpha value is -1.77. The van der Waals surface area contributed by atoms with Crippen LogP contribution < -0.4 is 0 Å². The minimum absolute atomic E-state index is 0.658. The van der Waals surface area contributed by atoms with Crippen LogP contribution in [0.3, 0.4) is 0 Å². The highest BCUT2D eigenvalue weighted by Crippen LogP contribution is 2.09. The van der Waals surface area contributed by atoms with Gasteiger partial charge in [0, 0.05) is 24.2 Å². The van der Waals surface area contributed by atoms with Crippen molar-refractivity contribution in [3.8, 4) is 11.4 Å². The van der Waals surface area contributed by atoms with Crippen LogP contribution in [0.1, 0.15) is 0 Å². The molecule has 0 atom stereocenters. The summed E-state index contributed by atoms with van der Waals surface area (Å²) in [6.45, 7) is 0. The average Bonchev–Trinajstić information content (AvgIpc) is 2.21. The van der Waals surface area contributed by atoms with E-state index in [1.807, 2.05) is 12.1 Å². The van der Waals surface area contributed by atoms with Gasteiger partial charge in [0.15, 0.2) is 5.82 Å². The molecule has 3 nitrogen and oxygen atoms in total. The van der Waals surface area contributed by atoms with Gasteiger partial charge in [0.05, 0.1) is 0 Å². The van der Waals surface area contributed by atoms with Gasteiger partial charge in [0.2, 0.25) is 0 Å². The highest BCUT2D eigenvalue weighted by Gasteiger charge is 1.97. The summed E-state index contributed by atoms with van der Waals surface area (Å²) < 4.78 is 0. The van der Waals surface area contributed by atoms with Crippen molar-refractivity contribution in [2.75, 3.05) is 0 Å². The Morgan fingerprint density at radius 3 is 2.50 bits per heavy atom. The monoisotopic (exact) mass is 156 g/mol. The first-order valence-corrected chi connectivity index (χ1v) is 3.57. The fraction of sp³-hybridized carbons (Fsp3) is 0. The first-order valence-electron chi connectivity index (χ1n) is 3.57. The van der Waals surface area contributed by atoms with E-state index >= 15 is 0 Å². The lowest BCUT2D eigenvalue weighted by atomic mass is 10.3. The molecule has 0 spiro atoms. The molecule has 1 radical (unpaired) electrons. The second-order valence-corrected chi connectivity index (χ2v) is 2.24. The number of nitrogens with zero attached hydrogens (tertiary/aromatic N) is 3. The van der Waals surface area contributed by atoms with Crippen LogP contribution in [-0.2, 0) is 0 Å². The Kier molecular flexibility index (Phi) is 1.78. The molecule has 0 amide bonds. The Labute approximate surface area is 70.1 Å². The number of pyridine rings is 1. The lowest BCUT2D eigenvalue weighted by Gasteiger charge is -1.94. The fourth-order valence-electron chi connectivity index (χ4n) is 0.889. The second-order valence-electron chi connectivity index (χ2n) is 2.24. The quantitative estimate of drug-likeness (QED) is 0.625. The molecular weight excluding hydrogens is 150 g/mol. The third-order valence-electron chi connectivity index (χ3n) is 1.42. The Morgan fingerprint density at radius 2 is 1.83 bits per heavy atom. The molecule has 57 valence electrons. The van der Waals surface area contributed by atoms with E-state index in [2.05, 4.69) is 21.1 Å². The smallest absolute Gasteiger partial charge is 0.161 e. The van der Waals surface area contributed by atoms with Gasteiger partial charge in [-0.05, 0) is 18.2 Å². The Morgan fingerprint density at radius 1 is 1.00 bits per heavy atom. The summed E-state index contributed by atoms with van der Waals surface area (Å²) in [4.78, 5) is 12.0. The molecule has 0 aliphatic heterocycles. The van der Waals surface area contributed by atoms with Crippen LogP contribution >= 0.6 is 0 Å². The zero-order valence-electron chi connectivity index (χ0n) is 6.31. The van der Waals surface area contributed by atoms with Gasteiger partial charge in [-0.1, -0.05) is 0 Å².